The molecule has 1 unspecified atom stereocenters. The molecule has 1 saturated heterocycles. The molecule has 4 heteroatoms. The van der Waals surface area contributed by atoms with Crippen LogP contribution in [0.5, 0.6) is 5.75 Å². The largest absolute Gasteiger partial charge is 0.488 e. The molecule has 1 heterocycles. The van der Waals surface area contributed by atoms with Crippen LogP contribution in [0, 0.1) is 11.3 Å². The van der Waals surface area contributed by atoms with Crippen LogP contribution in [0.15, 0.2) is 22.7 Å². The van der Waals surface area contributed by atoms with Gasteiger partial charge in [-0.15, -0.1) is 0 Å². The van der Waals surface area contributed by atoms with Crippen molar-refractivity contribution in [3.63, 3.8) is 0 Å². The van der Waals surface area contributed by atoms with E-state index < -0.39 is 0 Å². The minimum Gasteiger partial charge on any atom is -0.488 e. The number of hydrogen-bond acceptors (Lipinski definition) is 3. The molecule has 0 spiro atoms. The van der Waals surface area contributed by atoms with Crippen molar-refractivity contribution in [2.45, 2.75) is 12.5 Å². The number of hydrogen-bond donors (Lipinski definition) is 1. The van der Waals surface area contributed by atoms with E-state index in [9.17, 15) is 0 Å². The van der Waals surface area contributed by atoms with Gasteiger partial charge in [-0.3, -0.25) is 0 Å². The minimum absolute atomic E-state index is 0.186. The second kappa shape index (κ2) is 4.65. The summed E-state index contributed by atoms with van der Waals surface area (Å²) < 4.78 is 6.70. The fourth-order valence-electron chi connectivity index (χ4n) is 1.59. The lowest BCUT2D eigenvalue weighted by Crippen LogP contribution is -2.19. The average Bonchev–Trinajstić information content (AvgIpc) is 2.71. The highest BCUT2D eigenvalue weighted by molar-refractivity contribution is 9.10. The van der Waals surface area contributed by atoms with E-state index in [0.29, 0.717) is 11.3 Å². The summed E-state index contributed by atoms with van der Waals surface area (Å²) in [4.78, 5) is 0. The van der Waals surface area contributed by atoms with Crippen molar-refractivity contribution in [2.75, 3.05) is 13.1 Å². The van der Waals surface area contributed by atoms with Gasteiger partial charge in [-0.1, -0.05) is 15.9 Å². The third-order valence-corrected chi connectivity index (χ3v) is 2.87. The molecule has 3 nitrogen and oxygen atoms in total. The molecule has 78 valence electrons. The number of halogens is 1. The van der Waals surface area contributed by atoms with Gasteiger partial charge in [-0.05, 0) is 31.2 Å². The molecule has 0 radical (unpaired) electrons. The van der Waals surface area contributed by atoms with E-state index >= 15 is 0 Å². The van der Waals surface area contributed by atoms with Gasteiger partial charge in [0.15, 0.2) is 0 Å². The van der Waals surface area contributed by atoms with Gasteiger partial charge in [-0.2, -0.15) is 5.26 Å². The first kappa shape index (κ1) is 10.5. The standard InChI is InChI=1S/C11H11BrN2O/c12-9-2-1-8(6-13)11(5-9)15-10-3-4-14-7-10/h1-2,5,10,14H,3-4,7H2. The first-order valence-electron chi connectivity index (χ1n) is 4.86. The van der Waals surface area contributed by atoms with Gasteiger partial charge in [-0.25, -0.2) is 0 Å². The number of nitrogens with zero attached hydrogens (tertiary/aromatic N) is 1. The molecule has 2 rings (SSSR count). The van der Waals surface area contributed by atoms with Gasteiger partial charge in [0, 0.05) is 11.0 Å². The van der Waals surface area contributed by atoms with Crippen LogP contribution in [0.1, 0.15) is 12.0 Å². The normalized spacial score (nSPS) is 19.9. The summed E-state index contributed by atoms with van der Waals surface area (Å²) in [5.41, 5.74) is 0.588. The maximum absolute atomic E-state index is 8.92. The zero-order chi connectivity index (χ0) is 10.7. The molecule has 0 bridgehead atoms. The summed E-state index contributed by atoms with van der Waals surface area (Å²) >= 11 is 3.37. The molecule has 0 aromatic heterocycles. The Morgan fingerprint density at radius 3 is 3.07 bits per heavy atom. The second-order valence-electron chi connectivity index (χ2n) is 3.48. The van der Waals surface area contributed by atoms with Crippen LogP contribution in [-0.2, 0) is 0 Å². The molecule has 15 heavy (non-hydrogen) atoms. The summed E-state index contributed by atoms with van der Waals surface area (Å²) in [5.74, 6) is 0.667. The molecule has 1 N–H and O–H groups in total. The summed E-state index contributed by atoms with van der Waals surface area (Å²) in [6.45, 7) is 1.85. The predicted molar refractivity (Wildman–Crippen MR) is 60.8 cm³/mol. The van der Waals surface area contributed by atoms with Crippen molar-refractivity contribution in [1.29, 1.82) is 5.26 Å². The first-order valence-corrected chi connectivity index (χ1v) is 5.66. The number of nitriles is 1. The zero-order valence-electron chi connectivity index (χ0n) is 8.16. The second-order valence-corrected chi connectivity index (χ2v) is 4.40. The number of rotatable bonds is 2. The maximum Gasteiger partial charge on any atom is 0.138 e. The zero-order valence-corrected chi connectivity index (χ0v) is 9.75. The van der Waals surface area contributed by atoms with Crippen molar-refractivity contribution in [1.82, 2.24) is 5.32 Å². The fraction of sp³-hybridized carbons (Fsp3) is 0.364. The number of nitrogens with one attached hydrogen (secondary N) is 1. The Labute approximate surface area is 97.2 Å². The Bertz CT molecular complexity index is 394. The molecular formula is C11H11BrN2O. The van der Waals surface area contributed by atoms with Gasteiger partial charge in [0.25, 0.3) is 0 Å². The van der Waals surface area contributed by atoms with E-state index in [2.05, 4.69) is 27.3 Å². The Morgan fingerprint density at radius 1 is 1.53 bits per heavy atom. The van der Waals surface area contributed by atoms with Gasteiger partial charge >= 0.3 is 0 Å². The molecular weight excluding hydrogens is 256 g/mol. The van der Waals surface area contributed by atoms with Crippen molar-refractivity contribution >= 4 is 15.9 Å². The molecule has 0 aliphatic carbocycles. The van der Waals surface area contributed by atoms with Crippen LogP contribution in [0.4, 0.5) is 0 Å². The topological polar surface area (TPSA) is 45.0 Å². The van der Waals surface area contributed by atoms with E-state index in [4.69, 9.17) is 10.00 Å². The minimum atomic E-state index is 0.186. The first-order chi connectivity index (χ1) is 7.29. The molecule has 1 atom stereocenters. The Morgan fingerprint density at radius 2 is 2.40 bits per heavy atom. The lowest BCUT2D eigenvalue weighted by molar-refractivity contribution is 0.222. The third-order valence-electron chi connectivity index (χ3n) is 2.37. The number of ether oxygens (including phenoxy) is 1. The van der Waals surface area contributed by atoms with Gasteiger partial charge < -0.3 is 10.1 Å². The van der Waals surface area contributed by atoms with Gasteiger partial charge in [0.1, 0.15) is 17.9 Å². The maximum atomic E-state index is 8.92. The monoisotopic (exact) mass is 266 g/mol. The molecule has 1 aromatic carbocycles. The quantitative estimate of drug-likeness (QED) is 0.892. The van der Waals surface area contributed by atoms with Crippen molar-refractivity contribution in [3.8, 4) is 11.8 Å². The molecule has 0 saturated carbocycles. The van der Waals surface area contributed by atoms with Gasteiger partial charge in [0.2, 0.25) is 0 Å². The highest BCUT2D eigenvalue weighted by atomic mass is 79.9. The van der Waals surface area contributed by atoms with Crippen LogP contribution < -0.4 is 10.1 Å². The van der Waals surface area contributed by atoms with E-state index in [0.717, 1.165) is 24.0 Å². The Balaban J connectivity index is 2.18. The van der Waals surface area contributed by atoms with Gasteiger partial charge in [0.05, 0.1) is 5.56 Å². The smallest absolute Gasteiger partial charge is 0.138 e. The summed E-state index contributed by atoms with van der Waals surface area (Å²) in [6.07, 6.45) is 1.18. The average molecular weight is 267 g/mol. The third kappa shape index (κ3) is 2.49. The SMILES string of the molecule is N#Cc1ccc(Br)cc1OC1CCNC1. The fourth-order valence-corrected chi connectivity index (χ4v) is 1.93. The van der Waals surface area contributed by atoms with Crippen LogP contribution >= 0.6 is 15.9 Å². The van der Waals surface area contributed by atoms with Crippen LogP contribution in [-0.4, -0.2) is 19.2 Å². The predicted octanol–water partition coefficient (Wildman–Crippen LogP) is 2.06. The lowest BCUT2D eigenvalue weighted by atomic mass is 10.2. The molecule has 1 aromatic rings. The Kier molecular flexibility index (Phi) is 3.24. The van der Waals surface area contributed by atoms with E-state index in [1.165, 1.54) is 0 Å². The van der Waals surface area contributed by atoms with Crippen LogP contribution in [0.25, 0.3) is 0 Å². The van der Waals surface area contributed by atoms with Crippen molar-refractivity contribution < 1.29 is 4.74 Å². The molecule has 1 aliphatic heterocycles. The highest BCUT2D eigenvalue weighted by Crippen LogP contribution is 2.24. The Hall–Kier alpha value is -1.05. The molecule has 0 amide bonds. The van der Waals surface area contributed by atoms with Crippen LogP contribution in [0.2, 0.25) is 0 Å². The van der Waals surface area contributed by atoms with Crippen LogP contribution in [0.3, 0.4) is 0 Å². The molecule has 1 fully saturated rings. The van der Waals surface area contributed by atoms with Crippen molar-refractivity contribution in [2.24, 2.45) is 0 Å². The lowest BCUT2D eigenvalue weighted by Gasteiger charge is -2.13. The highest BCUT2D eigenvalue weighted by Gasteiger charge is 2.17. The van der Waals surface area contributed by atoms with E-state index in [1.54, 1.807) is 6.07 Å². The van der Waals surface area contributed by atoms with E-state index in [1.807, 2.05) is 12.1 Å². The molecule has 1 aliphatic rings. The number of benzene rings is 1. The summed E-state index contributed by atoms with van der Waals surface area (Å²) in [7, 11) is 0. The summed E-state index contributed by atoms with van der Waals surface area (Å²) in [6, 6.07) is 7.59. The van der Waals surface area contributed by atoms with Crippen molar-refractivity contribution in [3.05, 3.63) is 28.2 Å². The summed E-state index contributed by atoms with van der Waals surface area (Å²) in [5, 5.41) is 12.1. The van der Waals surface area contributed by atoms with E-state index in [-0.39, 0.29) is 6.10 Å².